The molecular weight excluding hydrogens is 290 g/mol. The summed E-state index contributed by atoms with van der Waals surface area (Å²) in [5.74, 6) is 0.0569. The first kappa shape index (κ1) is 14.4. The van der Waals surface area contributed by atoms with E-state index in [1.165, 1.54) is 0 Å². The topological polar surface area (TPSA) is 67.0 Å². The minimum Gasteiger partial charge on any atom is -0.378 e. The Balaban J connectivity index is 1.52. The second-order valence-electron chi connectivity index (χ2n) is 5.31. The minimum absolute atomic E-state index is 0.0569. The van der Waals surface area contributed by atoms with E-state index in [0.717, 1.165) is 42.3 Å². The largest absolute Gasteiger partial charge is 0.378 e. The van der Waals surface area contributed by atoms with Gasteiger partial charge in [-0.05, 0) is 30.9 Å². The number of nitrogens with one attached hydrogen (secondary N) is 2. The zero-order chi connectivity index (χ0) is 14.7. The van der Waals surface area contributed by atoms with Crippen LogP contribution in [0.15, 0.2) is 18.5 Å². The van der Waals surface area contributed by atoms with E-state index in [9.17, 15) is 4.79 Å². The molecule has 1 unspecified atom stereocenters. The first-order valence-corrected chi connectivity index (χ1v) is 7.60. The molecule has 0 aliphatic carbocycles. The average molecular weight is 308 g/mol. The molecule has 2 aromatic heterocycles. The van der Waals surface area contributed by atoms with Crippen LogP contribution < -0.4 is 5.32 Å². The summed E-state index contributed by atoms with van der Waals surface area (Å²) >= 11 is 5.92. The molecule has 21 heavy (non-hydrogen) atoms. The van der Waals surface area contributed by atoms with E-state index in [1.807, 2.05) is 12.3 Å². The number of hydrogen-bond donors (Lipinski definition) is 2. The lowest BCUT2D eigenvalue weighted by molar-refractivity contribution is -0.123. The molecule has 3 heterocycles. The maximum absolute atomic E-state index is 11.8. The number of aromatic amines is 1. The van der Waals surface area contributed by atoms with Gasteiger partial charge in [0.1, 0.15) is 5.15 Å². The van der Waals surface area contributed by atoms with Gasteiger partial charge in [-0.2, -0.15) is 0 Å². The molecule has 0 bridgehead atoms. The molecule has 1 amide bonds. The SMILES string of the molecule is O=C(CC1CCCO1)NCCc1c[nH]c2cnc(Cl)cc12. The summed E-state index contributed by atoms with van der Waals surface area (Å²) in [5.41, 5.74) is 2.09. The summed E-state index contributed by atoms with van der Waals surface area (Å²) in [5, 5.41) is 4.48. The van der Waals surface area contributed by atoms with Crippen molar-refractivity contribution in [2.24, 2.45) is 0 Å². The Bertz CT molecular complexity index is 635. The molecule has 112 valence electrons. The van der Waals surface area contributed by atoms with Crippen molar-refractivity contribution in [3.05, 3.63) is 29.2 Å². The van der Waals surface area contributed by atoms with E-state index in [4.69, 9.17) is 16.3 Å². The van der Waals surface area contributed by atoms with Crippen LogP contribution in [0.25, 0.3) is 10.9 Å². The highest BCUT2D eigenvalue weighted by molar-refractivity contribution is 6.30. The van der Waals surface area contributed by atoms with Gasteiger partial charge in [-0.15, -0.1) is 0 Å². The number of halogens is 1. The number of carbonyl (C=O) groups is 1. The number of ether oxygens (including phenoxy) is 1. The van der Waals surface area contributed by atoms with Gasteiger partial charge < -0.3 is 15.0 Å². The molecule has 2 aromatic rings. The third-order valence-corrected chi connectivity index (χ3v) is 3.98. The molecule has 0 spiro atoms. The lowest BCUT2D eigenvalue weighted by atomic mass is 10.1. The van der Waals surface area contributed by atoms with Crippen LogP contribution in [0.2, 0.25) is 5.15 Å². The molecular formula is C15H18ClN3O2. The van der Waals surface area contributed by atoms with Crippen molar-refractivity contribution in [2.45, 2.75) is 31.8 Å². The van der Waals surface area contributed by atoms with Crippen LogP contribution in [-0.2, 0) is 16.0 Å². The Morgan fingerprint density at radius 3 is 3.29 bits per heavy atom. The maximum atomic E-state index is 11.8. The lowest BCUT2D eigenvalue weighted by Crippen LogP contribution is -2.28. The molecule has 1 fully saturated rings. The fourth-order valence-electron chi connectivity index (χ4n) is 2.68. The molecule has 0 saturated carbocycles. The average Bonchev–Trinajstić information content (AvgIpc) is 3.09. The van der Waals surface area contributed by atoms with Crippen LogP contribution in [0.1, 0.15) is 24.8 Å². The summed E-state index contributed by atoms with van der Waals surface area (Å²) in [6, 6.07) is 1.84. The van der Waals surface area contributed by atoms with Crippen LogP contribution >= 0.6 is 11.6 Å². The Morgan fingerprint density at radius 2 is 2.48 bits per heavy atom. The second-order valence-corrected chi connectivity index (χ2v) is 5.69. The molecule has 1 atom stereocenters. The van der Waals surface area contributed by atoms with Crippen molar-refractivity contribution < 1.29 is 9.53 Å². The van der Waals surface area contributed by atoms with Crippen molar-refractivity contribution in [2.75, 3.05) is 13.2 Å². The fourth-order valence-corrected chi connectivity index (χ4v) is 2.84. The summed E-state index contributed by atoms with van der Waals surface area (Å²) in [4.78, 5) is 19.0. The van der Waals surface area contributed by atoms with Gasteiger partial charge in [-0.25, -0.2) is 4.98 Å². The molecule has 3 rings (SSSR count). The highest BCUT2D eigenvalue weighted by Gasteiger charge is 2.18. The standard InChI is InChI=1S/C15H18ClN3O2/c16-14-7-12-10(8-18-13(12)9-19-14)3-4-17-15(20)6-11-2-1-5-21-11/h7-9,11,18H,1-6H2,(H,17,20). The third-order valence-electron chi connectivity index (χ3n) is 3.77. The predicted octanol–water partition coefficient (Wildman–Crippen LogP) is 2.44. The summed E-state index contributed by atoms with van der Waals surface area (Å²) in [6.07, 6.45) is 7.03. The van der Waals surface area contributed by atoms with E-state index in [2.05, 4.69) is 15.3 Å². The second kappa shape index (κ2) is 6.45. The van der Waals surface area contributed by atoms with Crippen LogP contribution in [0.5, 0.6) is 0 Å². The summed E-state index contributed by atoms with van der Waals surface area (Å²) in [6.45, 7) is 1.39. The third kappa shape index (κ3) is 3.54. The number of H-pyrrole nitrogens is 1. The van der Waals surface area contributed by atoms with Gasteiger partial charge in [0.15, 0.2) is 0 Å². The number of amides is 1. The fraction of sp³-hybridized carbons (Fsp3) is 0.467. The van der Waals surface area contributed by atoms with E-state index >= 15 is 0 Å². The van der Waals surface area contributed by atoms with Crippen LogP contribution in [-0.4, -0.2) is 35.1 Å². The first-order chi connectivity index (χ1) is 10.2. The normalized spacial score (nSPS) is 18.2. The van der Waals surface area contributed by atoms with Gasteiger partial charge in [0.25, 0.3) is 0 Å². The lowest BCUT2D eigenvalue weighted by Gasteiger charge is -2.09. The monoisotopic (exact) mass is 307 g/mol. The number of carbonyl (C=O) groups excluding carboxylic acids is 1. The smallest absolute Gasteiger partial charge is 0.222 e. The highest BCUT2D eigenvalue weighted by Crippen LogP contribution is 2.20. The van der Waals surface area contributed by atoms with E-state index in [-0.39, 0.29) is 12.0 Å². The molecule has 1 aliphatic heterocycles. The molecule has 5 nitrogen and oxygen atoms in total. The predicted molar refractivity (Wildman–Crippen MR) is 81.4 cm³/mol. The zero-order valence-corrected chi connectivity index (χ0v) is 12.4. The number of aromatic nitrogens is 2. The molecule has 1 aliphatic rings. The maximum Gasteiger partial charge on any atom is 0.222 e. The number of pyridine rings is 1. The molecule has 0 radical (unpaired) electrons. The van der Waals surface area contributed by atoms with Gasteiger partial charge in [0, 0.05) is 24.7 Å². The van der Waals surface area contributed by atoms with Gasteiger partial charge in [-0.1, -0.05) is 11.6 Å². The number of hydrogen-bond acceptors (Lipinski definition) is 3. The number of nitrogens with zero attached hydrogens (tertiary/aromatic N) is 1. The number of fused-ring (bicyclic) bond motifs is 1. The van der Waals surface area contributed by atoms with Crippen LogP contribution in [0, 0.1) is 0 Å². The zero-order valence-electron chi connectivity index (χ0n) is 11.7. The Kier molecular flexibility index (Phi) is 4.41. The molecule has 6 heteroatoms. The Morgan fingerprint density at radius 1 is 1.57 bits per heavy atom. The quantitative estimate of drug-likeness (QED) is 0.834. The summed E-state index contributed by atoms with van der Waals surface area (Å²) in [7, 11) is 0. The van der Waals surface area contributed by atoms with Crippen LogP contribution in [0.4, 0.5) is 0 Å². The Labute approximate surface area is 128 Å². The molecule has 1 saturated heterocycles. The first-order valence-electron chi connectivity index (χ1n) is 7.22. The van der Waals surface area contributed by atoms with Crippen molar-refractivity contribution in [3.8, 4) is 0 Å². The van der Waals surface area contributed by atoms with E-state index in [0.29, 0.717) is 18.1 Å². The van der Waals surface area contributed by atoms with E-state index in [1.54, 1.807) is 6.20 Å². The molecule has 2 N–H and O–H groups in total. The van der Waals surface area contributed by atoms with Gasteiger partial charge in [0.2, 0.25) is 5.91 Å². The van der Waals surface area contributed by atoms with Crippen molar-refractivity contribution >= 4 is 28.4 Å². The minimum atomic E-state index is 0.0569. The van der Waals surface area contributed by atoms with Gasteiger partial charge in [0.05, 0.1) is 24.2 Å². The van der Waals surface area contributed by atoms with Gasteiger partial charge >= 0.3 is 0 Å². The van der Waals surface area contributed by atoms with Crippen molar-refractivity contribution in [1.82, 2.24) is 15.3 Å². The van der Waals surface area contributed by atoms with Gasteiger partial charge in [-0.3, -0.25) is 4.79 Å². The summed E-state index contributed by atoms with van der Waals surface area (Å²) < 4.78 is 5.46. The molecule has 0 aromatic carbocycles. The van der Waals surface area contributed by atoms with Crippen LogP contribution in [0.3, 0.4) is 0 Å². The van der Waals surface area contributed by atoms with Crippen molar-refractivity contribution in [3.63, 3.8) is 0 Å². The highest BCUT2D eigenvalue weighted by atomic mass is 35.5. The van der Waals surface area contributed by atoms with E-state index < -0.39 is 0 Å². The Hall–Kier alpha value is -1.59. The van der Waals surface area contributed by atoms with Crippen molar-refractivity contribution in [1.29, 1.82) is 0 Å². The number of rotatable bonds is 5.